The second kappa shape index (κ2) is 4.97. The Balaban J connectivity index is 1.72. The number of H-pyrrole nitrogens is 1. The molecule has 6 nitrogen and oxygen atoms in total. The number of likely N-dealkylation sites (N-methyl/N-ethyl adjacent to an activating group) is 1. The summed E-state index contributed by atoms with van der Waals surface area (Å²) in [5.74, 6) is 0.155. The van der Waals surface area contributed by atoms with Gasteiger partial charge in [-0.05, 0) is 19.2 Å². The van der Waals surface area contributed by atoms with Crippen LogP contribution in [-0.4, -0.2) is 64.1 Å². The van der Waals surface area contributed by atoms with Crippen LogP contribution in [0.5, 0.6) is 0 Å². The van der Waals surface area contributed by atoms with Gasteiger partial charge in [0.15, 0.2) is 5.65 Å². The number of rotatable bonds is 2. The molecule has 6 heteroatoms. The fraction of sp³-hybridized carbons (Fsp3) is 0.462. The molecule has 100 valence electrons. The molecule has 2 aromatic heterocycles. The van der Waals surface area contributed by atoms with E-state index in [0.29, 0.717) is 12.1 Å². The van der Waals surface area contributed by atoms with E-state index < -0.39 is 0 Å². The van der Waals surface area contributed by atoms with Crippen molar-refractivity contribution >= 4 is 16.9 Å². The number of hydrogen-bond acceptors (Lipinski definition) is 4. The molecular formula is C13H17N5O. The predicted octanol–water partition coefficient (Wildman–Crippen LogP) is 0.274. The zero-order valence-corrected chi connectivity index (χ0v) is 11.0. The van der Waals surface area contributed by atoms with Gasteiger partial charge >= 0.3 is 0 Å². The Morgan fingerprint density at radius 2 is 2.16 bits per heavy atom. The third kappa shape index (κ3) is 2.44. The molecule has 3 heterocycles. The summed E-state index contributed by atoms with van der Waals surface area (Å²) in [4.78, 5) is 20.6. The predicted molar refractivity (Wildman–Crippen MR) is 71.7 cm³/mol. The standard InChI is InChI=1S/C13H17N5O/c1-17-5-7-18(8-6-17)12(19)9-11-10-3-2-4-14-13(10)16-15-11/h2-4H,5-9H2,1H3,(H,14,15,16). The number of carbonyl (C=O) groups is 1. The molecule has 0 bridgehead atoms. The second-order valence-corrected chi connectivity index (χ2v) is 4.94. The number of aromatic amines is 1. The Labute approximate surface area is 111 Å². The number of nitrogens with zero attached hydrogens (tertiary/aromatic N) is 4. The summed E-state index contributed by atoms with van der Waals surface area (Å²) in [5, 5.41) is 7.97. The SMILES string of the molecule is CN1CCN(C(=O)Cc2[nH]nc3ncccc23)CC1. The Bertz CT molecular complexity index is 585. The molecule has 1 fully saturated rings. The van der Waals surface area contributed by atoms with Crippen LogP contribution in [0.3, 0.4) is 0 Å². The van der Waals surface area contributed by atoms with Gasteiger partial charge in [0.2, 0.25) is 5.91 Å². The molecule has 0 radical (unpaired) electrons. The Kier molecular flexibility index (Phi) is 3.16. The van der Waals surface area contributed by atoms with Crippen LogP contribution in [0.2, 0.25) is 0 Å². The largest absolute Gasteiger partial charge is 0.340 e. The van der Waals surface area contributed by atoms with Gasteiger partial charge in [0.1, 0.15) is 0 Å². The van der Waals surface area contributed by atoms with Gasteiger partial charge in [0, 0.05) is 37.8 Å². The molecule has 0 aliphatic carbocycles. The first-order chi connectivity index (χ1) is 9.24. The third-order valence-electron chi connectivity index (χ3n) is 3.59. The molecule has 19 heavy (non-hydrogen) atoms. The lowest BCUT2D eigenvalue weighted by molar-refractivity contribution is -0.132. The summed E-state index contributed by atoms with van der Waals surface area (Å²) in [6.07, 6.45) is 2.07. The third-order valence-corrected chi connectivity index (χ3v) is 3.59. The van der Waals surface area contributed by atoms with Crippen molar-refractivity contribution in [1.29, 1.82) is 0 Å². The average Bonchev–Trinajstić information content (AvgIpc) is 2.83. The topological polar surface area (TPSA) is 65.1 Å². The van der Waals surface area contributed by atoms with Gasteiger partial charge in [0.25, 0.3) is 0 Å². The molecular weight excluding hydrogens is 242 g/mol. The minimum absolute atomic E-state index is 0.155. The molecule has 2 aromatic rings. The van der Waals surface area contributed by atoms with Crippen molar-refractivity contribution in [3.05, 3.63) is 24.0 Å². The van der Waals surface area contributed by atoms with E-state index in [1.807, 2.05) is 17.0 Å². The maximum Gasteiger partial charge on any atom is 0.228 e. The van der Waals surface area contributed by atoms with Crippen LogP contribution in [0.4, 0.5) is 0 Å². The number of piperazine rings is 1. The molecule has 0 aromatic carbocycles. The highest BCUT2D eigenvalue weighted by Gasteiger charge is 2.20. The van der Waals surface area contributed by atoms with E-state index in [4.69, 9.17) is 0 Å². The van der Waals surface area contributed by atoms with Crippen LogP contribution in [-0.2, 0) is 11.2 Å². The highest BCUT2D eigenvalue weighted by Crippen LogP contribution is 2.14. The Morgan fingerprint density at radius 1 is 1.37 bits per heavy atom. The molecule has 3 rings (SSSR count). The van der Waals surface area contributed by atoms with Crippen molar-refractivity contribution in [2.75, 3.05) is 33.2 Å². The highest BCUT2D eigenvalue weighted by atomic mass is 16.2. The van der Waals surface area contributed by atoms with E-state index in [9.17, 15) is 4.79 Å². The number of fused-ring (bicyclic) bond motifs is 1. The molecule has 1 N–H and O–H groups in total. The van der Waals surface area contributed by atoms with Crippen molar-refractivity contribution in [1.82, 2.24) is 25.0 Å². The monoisotopic (exact) mass is 259 g/mol. The molecule has 1 saturated heterocycles. The lowest BCUT2D eigenvalue weighted by atomic mass is 10.2. The Morgan fingerprint density at radius 3 is 2.95 bits per heavy atom. The second-order valence-electron chi connectivity index (χ2n) is 4.94. The number of carbonyl (C=O) groups excluding carboxylic acids is 1. The molecule has 0 unspecified atom stereocenters. The number of amides is 1. The quantitative estimate of drug-likeness (QED) is 0.841. The molecule has 0 saturated carbocycles. The molecule has 0 spiro atoms. The van der Waals surface area contributed by atoms with Crippen molar-refractivity contribution in [3.63, 3.8) is 0 Å². The Hall–Kier alpha value is -1.95. The zero-order valence-electron chi connectivity index (χ0n) is 11.0. The lowest BCUT2D eigenvalue weighted by Crippen LogP contribution is -2.47. The van der Waals surface area contributed by atoms with Crippen molar-refractivity contribution in [3.8, 4) is 0 Å². The highest BCUT2D eigenvalue weighted by molar-refractivity contribution is 5.85. The maximum atomic E-state index is 12.3. The summed E-state index contributed by atoms with van der Waals surface area (Å²) in [7, 11) is 2.08. The van der Waals surface area contributed by atoms with E-state index in [-0.39, 0.29) is 5.91 Å². The van der Waals surface area contributed by atoms with Gasteiger partial charge < -0.3 is 9.80 Å². The molecule has 0 atom stereocenters. The van der Waals surface area contributed by atoms with Gasteiger partial charge in [-0.25, -0.2) is 4.98 Å². The lowest BCUT2D eigenvalue weighted by Gasteiger charge is -2.32. The number of nitrogens with one attached hydrogen (secondary N) is 1. The average molecular weight is 259 g/mol. The summed E-state index contributed by atoms with van der Waals surface area (Å²) in [6, 6.07) is 3.81. The summed E-state index contributed by atoms with van der Waals surface area (Å²) >= 11 is 0. The first-order valence-electron chi connectivity index (χ1n) is 6.48. The molecule has 1 amide bonds. The summed E-state index contributed by atoms with van der Waals surface area (Å²) < 4.78 is 0. The van der Waals surface area contributed by atoms with Crippen LogP contribution in [0.1, 0.15) is 5.69 Å². The fourth-order valence-corrected chi connectivity index (χ4v) is 2.36. The van der Waals surface area contributed by atoms with Crippen molar-refractivity contribution < 1.29 is 4.79 Å². The van der Waals surface area contributed by atoms with Gasteiger partial charge in [0.05, 0.1) is 12.1 Å². The zero-order chi connectivity index (χ0) is 13.2. The number of hydrogen-bond donors (Lipinski definition) is 1. The van der Waals surface area contributed by atoms with E-state index in [2.05, 4.69) is 27.1 Å². The smallest absolute Gasteiger partial charge is 0.228 e. The number of pyridine rings is 1. The van der Waals surface area contributed by atoms with E-state index in [1.165, 1.54) is 0 Å². The first kappa shape index (κ1) is 12.1. The van der Waals surface area contributed by atoms with Crippen molar-refractivity contribution in [2.24, 2.45) is 0 Å². The number of aromatic nitrogens is 3. The van der Waals surface area contributed by atoms with Gasteiger partial charge in [-0.15, -0.1) is 0 Å². The van der Waals surface area contributed by atoms with Gasteiger partial charge in [-0.3, -0.25) is 9.89 Å². The minimum atomic E-state index is 0.155. The first-order valence-corrected chi connectivity index (χ1v) is 6.48. The van der Waals surface area contributed by atoms with Crippen LogP contribution in [0, 0.1) is 0 Å². The summed E-state index contributed by atoms with van der Waals surface area (Å²) in [5.41, 5.74) is 1.52. The van der Waals surface area contributed by atoms with Crippen molar-refractivity contribution in [2.45, 2.75) is 6.42 Å². The van der Waals surface area contributed by atoms with E-state index in [1.54, 1.807) is 6.20 Å². The van der Waals surface area contributed by atoms with Gasteiger partial charge in [-0.2, -0.15) is 5.10 Å². The molecule has 1 aliphatic heterocycles. The summed E-state index contributed by atoms with van der Waals surface area (Å²) in [6.45, 7) is 3.49. The van der Waals surface area contributed by atoms with Crippen LogP contribution >= 0.6 is 0 Å². The molecule has 1 aliphatic rings. The normalized spacial score (nSPS) is 17.0. The minimum Gasteiger partial charge on any atom is -0.340 e. The van der Waals surface area contributed by atoms with Crippen LogP contribution in [0.15, 0.2) is 18.3 Å². The van der Waals surface area contributed by atoms with E-state index in [0.717, 1.165) is 37.3 Å². The maximum absolute atomic E-state index is 12.3. The van der Waals surface area contributed by atoms with Gasteiger partial charge in [-0.1, -0.05) is 0 Å². The van der Waals surface area contributed by atoms with Crippen LogP contribution in [0.25, 0.3) is 11.0 Å². The van der Waals surface area contributed by atoms with E-state index >= 15 is 0 Å². The fourth-order valence-electron chi connectivity index (χ4n) is 2.36. The van der Waals surface area contributed by atoms with Crippen LogP contribution < -0.4 is 0 Å².